The summed E-state index contributed by atoms with van der Waals surface area (Å²) < 4.78 is 11.2. The second kappa shape index (κ2) is 6.33. The molecule has 1 aromatic carbocycles. The first kappa shape index (κ1) is 13.5. The topological polar surface area (TPSA) is 74.2 Å². The summed E-state index contributed by atoms with van der Waals surface area (Å²) in [5.74, 6) is 2.08. The van der Waals surface area contributed by atoms with Crippen molar-refractivity contribution in [3.8, 4) is 5.75 Å². The molecule has 0 bridgehead atoms. The van der Waals surface area contributed by atoms with Crippen molar-refractivity contribution in [1.82, 2.24) is 10.2 Å². The fraction of sp³-hybridized carbons (Fsp3) is 0.429. The predicted octanol–water partition coefficient (Wildman–Crippen LogP) is 1.81. The van der Waals surface area contributed by atoms with Gasteiger partial charge in [0.1, 0.15) is 5.75 Å². The largest absolute Gasteiger partial charge is 0.493 e. The van der Waals surface area contributed by atoms with Gasteiger partial charge in [-0.25, -0.2) is 0 Å². The van der Waals surface area contributed by atoms with Crippen molar-refractivity contribution in [1.29, 1.82) is 0 Å². The fourth-order valence-corrected chi connectivity index (χ4v) is 1.72. The molecule has 2 rings (SSSR count). The van der Waals surface area contributed by atoms with Crippen molar-refractivity contribution in [2.24, 2.45) is 5.73 Å². The van der Waals surface area contributed by atoms with Crippen LogP contribution < -0.4 is 10.5 Å². The molecule has 0 fully saturated rings. The molecule has 0 radical (unpaired) electrons. The van der Waals surface area contributed by atoms with E-state index in [1.807, 2.05) is 19.9 Å². The van der Waals surface area contributed by atoms with Crippen LogP contribution in [-0.2, 0) is 12.8 Å². The average molecular weight is 261 g/mol. The molecule has 0 aliphatic carbocycles. The summed E-state index contributed by atoms with van der Waals surface area (Å²) in [5, 5.41) is 7.86. The lowest BCUT2D eigenvalue weighted by atomic mass is 10.1. The maximum absolute atomic E-state index is 5.74. The molecule has 2 N–H and O–H groups in total. The van der Waals surface area contributed by atoms with Gasteiger partial charge in [-0.1, -0.05) is 12.1 Å². The maximum Gasteiger partial charge on any atom is 0.219 e. The van der Waals surface area contributed by atoms with E-state index in [1.165, 1.54) is 5.56 Å². The van der Waals surface area contributed by atoms with Gasteiger partial charge in [0.15, 0.2) is 0 Å². The third kappa shape index (κ3) is 3.79. The van der Waals surface area contributed by atoms with E-state index < -0.39 is 0 Å². The first-order valence-electron chi connectivity index (χ1n) is 6.40. The van der Waals surface area contributed by atoms with Crippen molar-refractivity contribution >= 4 is 0 Å². The minimum absolute atomic E-state index is 0.515. The molecule has 0 spiro atoms. The minimum Gasteiger partial charge on any atom is -0.493 e. The lowest BCUT2D eigenvalue weighted by Crippen LogP contribution is -2.03. The van der Waals surface area contributed by atoms with E-state index >= 15 is 0 Å². The van der Waals surface area contributed by atoms with Gasteiger partial charge in [0.25, 0.3) is 0 Å². The summed E-state index contributed by atoms with van der Waals surface area (Å²) in [6, 6.07) is 6.15. The van der Waals surface area contributed by atoms with E-state index in [2.05, 4.69) is 22.3 Å². The minimum atomic E-state index is 0.515. The average Bonchev–Trinajstić information content (AvgIpc) is 2.82. The zero-order valence-electron chi connectivity index (χ0n) is 11.3. The molecule has 0 saturated carbocycles. The van der Waals surface area contributed by atoms with Gasteiger partial charge in [0.05, 0.1) is 13.0 Å². The number of hydrogen-bond acceptors (Lipinski definition) is 5. The Morgan fingerprint density at radius 2 is 1.89 bits per heavy atom. The van der Waals surface area contributed by atoms with Crippen LogP contribution in [0.5, 0.6) is 5.75 Å². The van der Waals surface area contributed by atoms with Crippen LogP contribution in [0.1, 0.15) is 22.9 Å². The number of aromatic nitrogens is 2. The molecular formula is C14H19N3O2. The van der Waals surface area contributed by atoms with Crippen LogP contribution in [0, 0.1) is 13.8 Å². The zero-order chi connectivity index (χ0) is 13.7. The molecular weight excluding hydrogens is 242 g/mol. The second-order valence-corrected chi connectivity index (χ2v) is 4.50. The van der Waals surface area contributed by atoms with Crippen LogP contribution in [0.15, 0.2) is 22.6 Å². The zero-order valence-corrected chi connectivity index (χ0v) is 11.3. The van der Waals surface area contributed by atoms with Gasteiger partial charge < -0.3 is 14.9 Å². The highest BCUT2D eigenvalue weighted by atomic mass is 16.5. The predicted molar refractivity (Wildman–Crippen MR) is 72.2 cm³/mol. The van der Waals surface area contributed by atoms with Crippen LogP contribution in [0.2, 0.25) is 0 Å². The van der Waals surface area contributed by atoms with E-state index in [-0.39, 0.29) is 0 Å². The lowest BCUT2D eigenvalue weighted by Gasteiger charge is -2.08. The third-order valence-electron chi connectivity index (χ3n) is 2.78. The monoisotopic (exact) mass is 261 g/mol. The van der Waals surface area contributed by atoms with Crippen LogP contribution in [0.4, 0.5) is 0 Å². The van der Waals surface area contributed by atoms with E-state index in [1.54, 1.807) is 0 Å². The number of rotatable bonds is 6. The second-order valence-electron chi connectivity index (χ2n) is 4.50. The Balaban J connectivity index is 1.87. The van der Waals surface area contributed by atoms with E-state index in [0.29, 0.717) is 37.8 Å². The Hall–Kier alpha value is -1.88. The molecule has 5 nitrogen and oxygen atoms in total. The SMILES string of the molecule is Cc1ccc(C)c(OCCc2nnc(CCN)o2)c1. The molecule has 0 unspecified atom stereocenters. The summed E-state index contributed by atoms with van der Waals surface area (Å²) >= 11 is 0. The number of aryl methyl sites for hydroxylation is 2. The van der Waals surface area contributed by atoms with Gasteiger partial charge in [0.2, 0.25) is 11.8 Å². The number of nitrogens with zero attached hydrogens (tertiary/aromatic N) is 2. The van der Waals surface area contributed by atoms with Crippen LogP contribution in [0.3, 0.4) is 0 Å². The highest BCUT2D eigenvalue weighted by Crippen LogP contribution is 2.19. The summed E-state index contributed by atoms with van der Waals surface area (Å²) in [4.78, 5) is 0. The Kier molecular flexibility index (Phi) is 4.52. The highest BCUT2D eigenvalue weighted by molar-refractivity contribution is 5.35. The first-order chi connectivity index (χ1) is 9.19. The van der Waals surface area contributed by atoms with Crippen molar-refractivity contribution < 1.29 is 9.15 Å². The maximum atomic E-state index is 5.74. The smallest absolute Gasteiger partial charge is 0.219 e. The van der Waals surface area contributed by atoms with Crippen molar-refractivity contribution in [3.05, 3.63) is 41.1 Å². The Bertz CT molecular complexity index is 537. The number of ether oxygens (including phenoxy) is 1. The summed E-state index contributed by atoms with van der Waals surface area (Å²) in [7, 11) is 0. The molecule has 0 aliphatic heterocycles. The third-order valence-corrected chi connectivity index (χ3v) is 2.78. The van der Waals surface area contributed by atoms with Crippen LogP contribution in [0.25, 0.3) is 0 Å². The first-order valence-corrected chi connectivity index (χ1v) is 6.40. The molecule has 0 amide bonds. The molecule has 0 saturated heterocycles. The Morgan fingerprint density at radius 3 is 2.63 bits per heavy atom. The van der Waals surface area contributed by atoms with Crippen LogP contribution in [-0.4, -0.2) is 23.3 Å². The van der Waals surface area contributed by atoms with Crippen molar-refractivity contribution in [3.63, 3.8) is 0 Å². The Labute approximate surface area is 112 Å². The molecule has 1 aromatic heterocycles. The van der Waals surface area contributed by atoms with Crippen molar-refractivity contribution in [2.75, 3.05) is 13.2 Å². The van der Waals surface area contributed by atoms with E-state index in [9.17, 15) is 0 Å². The quantitative estimate of drug-likeness (QED) is 0.858. The number of nitrogens with two attached hydrogens (primary N) is 1. The summed E-state index contributed by atoms with van der Waals surface area (Å²) in [6.07, 6.45) is 1.22. The highest BCUT2D eigenvalue weighted by Gasteiger charge is 2.06. The van der Waals surface area contributed by atoms with Gasteiger partial charge in [-0.05, 0) is 31.0 Å². The van der Waals surface area contributed by atoms with Gasteiger partial charge in [-0.15, -0.1) is 10.2 Å². The standard InChI is InChI=1S/C14H19N3O2/c1-10-3-4-11(2)12(9-10)18-8-6-14-17-16-13(19-14)5-7-15/h3-4,9H,5-8,15H2,1-2H3. The normalized spacial score (nSPS) is 10.7. The molecule has 0 atom stereocenters. The van der Waals surface area contributed by atoms with Gasteiger partial charge in [-0.2, -0.15) is 0 Å². The van der Waals surface area contributed by atoms with Crippen molar-refractivity contribution in [2.45, 2.75) is 26.7 Å². The van der Waals surface area contributed by atoms with Gasteiger partial charge in [0, 0.05) is 13.0 Å². The Morgan fingerprint density at radius 1 is 1.16 bits per heavy atom. The van der Waals surface area contributed by atoms with E-state index in [0.717, 1.165) is 11.3 Å². The molecule has 2 aromatic rings. The fourth-order valence-electron chi connectivity index (χ4n) is 1.72. The number of hydrogen-bond donors (Lipinski definition) is 1. The molecule has 5 heteroatoms. The summed E-state index contributed by atoms with van der Waals surface area (Å²) in [5.41, 5.74) is 7.73. The molecule has 19 heavy (non-hydrogen) atoms. The molecule has 0 aliphatic rings. The lowest BCUT2D eigenvalue weighted by molar-refractivity contribution is 0.302. The van der Waals surface area contributed by atoms with Gasteiger partial charge in [-0.3, -0.25) is 0 Å². The van der Waals surface area contributed by atoms with Gasteiger partial charge >= 0.3 is 0 Å². The summed E-state index contributed by atoms with van der Waals surface area (Å²) in [6.45, 7) is 5.11. The number of benzene rings is 1. The van der Waals surface area contributed by atoms with Crippen LogP contribution >= 0.6 is 0 Å². The van der Waals surface area contributed by atoms with E-state index in [4.69, 9.17) is 14.9 Å². The molecule has 102 valence electrons. The molecule has 1 heterocycles.